The predicted octanol–water partition coefficient (Wildman–Crippen LogP) is 4.36. The number of methoxy groups -OCH3 is 2. The van der Waals surface area contributed by atoms with E-state index in [1.54, 1.807) is 12.1 Å². The van der Waals surface area contributed by atoms with Crippen molar-refractivity contribution in [2.75, 3.05) is 20.8 Å². The van der Waals surface area contributed by atoms with Gasteiger partial charge in [-0.3, -0.25) is 14.5 Å². The molecule has 0 N–H and O–H groups in total. The van der Waals surface area contributed by atoms with Crippen molar-refractivity contribution >= 4 is 46.6 Å². The van der Waals surface area contributed by atoms with Gasteiger partial charge in [0.2, 0.25) is 5.76 Å². The molecule has 1 aromatic carbocycles. The van der Waals surface area contributed by atoms with Crippen LogP contribution in [0.1, 0.15) is 28.8 Å². The van der Waals surface area contributed by atoms with Gasteiger partial charge in [0.1, 0.15) is 5.76 Å². The zero-order valence-electron chi connectivity index (χ0n) is 16.4. The van der Waals surface area contributed by atoms with Crippen molar-refractivity contribution in [1.82, 2.24) is 4.90 Å². The van der Waals surface area contributed by atoms with Crippen molar-refractivity contribution in [1.29, 1.82) is 0 Å². The molecule has 8 nitrogen and oxygen atoms in total. The number of esters is 1. The number of carbonyl (C=O) groups is 3. The summed E-state index contributed by atoms with van der Waals surface area (Å²) in [6.07, 6.45) is 1.53. The third-order valence-corrected chi connectivity index (χ3v) is 5.34. The maximum absolute atomic E-state index is 12.8. The maximum atomic E-state index is 12.8. The van der Waals surface area contributed by atoms with E-state index in [1.807, 2.05) is 6.92 Å². The number of carbonyl (C=O) groups excluding carboxylic acids is 3. The summed E-state index contributed by atoms with van der Waals surface area (Å²) in [7, 11) is 2.73. The Labute approximate surface area is 181 Å². The second-order valence-corrected chi connectivity index (χ2v) is 7.38. The second-order valence-electron chi connectivity index (χ2n) is 5.98. The van der Waals surface area contributed by atoms with Crippen LogP contribution in [0.2, 0.25) is 5.02 Å². The van der Waals surface area contributed by atoms with Crippen LogP contribution in [-0.4, -0.2) is 42.8 Å². The highest BCUT2D eigenvalue weighted by molar-refractivity contribution is 8.18. The predicted molar refractivity (Wildman–Crippen MR) is 111 cm³/mol. The van der Waals surface area contributed by atoms with Crippen LogP contribution in [0.5, 0.6) is 11.5 Å². The number of imide groups is 1. The zero-order chi connectivity index (χ0) is 21.8. The molecule has 0 radical (unpaired) electrons. The SMILES string of the molecule is CCOc1cc(/C=C2/SC(=O)N(Cc3ccc(C(=O)OC)o3)C2=O)c(Cl)cc1OC. The summed E-state index contributed by atoms with van der Waals surface area (Å²) < 4.78 is 20.7. The first kappa shape index (κ1) is 21.8. The minimum atomic E-state index is -0.644. The van der Waals surface area contributed by atoms with E-state index in [1.165, 1.54) is 32.4 Å². The summed E-state index contributed by atoms with van der Waals surface area (Å²) in [5.74, 6) is 0.0658. The first-order chi connectivity index (χ1) is 14.4. The van der Waals surface area contributed by atoms with Crippen LogP contribution >= 0.6 is 23.4 Å². The third-order valence-electron chi connectivity index (χ3n) is 4.11. The van der Waals surface area contributed by atoms with Crippen molar-refractivity contribution in [2.45, 2.75) is 13.5 Å². The molecule has 0 aliphatic carbocycles. The Morgan fingerprint density at radius 1 is 1.23 bits per heavy atom. The van der Waals surface area contributed by atoms with Gasteiger partial charge in [-0.15, -0.1) is 0 Å². The standard InChI is InChI=1S/C20H18ClNO7S/c1-4-28-16-7-11(13(21)9-15(16)26-2)8-17-18(23)22(20(25)30-17)10-12-5-6-14(29-12)19(24)27-3/h5-9H,4,10H2,1-3H3/b17-8+. The fourth-order valence-electron chi connectivity index (χ4n) is 2.70. The summed E-state index contributed by atoms with van der Waals surface area (Å²) in [5, 5.41) is -0.118. The average Bonchev–Trinajstić information content (AvgIpc) is 3.30. The Balaban J connectivity index is 1.83. The van der Waals surface area contributed by atoms with Crippen LogP contribution < -0.4 is 9.47 Å². The number of halogens is 1. The molecule has 0 saturated carbocycles. The Kier molecular flexibility index (Phi) is 6.73. The quantitative estimate of drug-likeness (QED) is 0.452. The number of hydrogen-bond acceptors (Lipinski definition) is 8. The largest absolute Gasteiger partial charge is 0.493 e. The normalized spacial score (nSPS) is 15.1. The van der Waals surface area contributed by atoms with E-state index in [0.29, 0.717) is 28.7 Å². The van der Waals surface area contributed by atoms with Gasteiger partial charge >= 0.3 is 5.97 Å². The first-order valence-corrected chi connectivity index (χ1v) is 10.00. The molecule has 0 spiro atoms. The van der Waals surface area contributed by atoms with E-state index >= 15 is 0 Å². The molecule has 2 amide bonds. The van der Waals surface area contributed by atoms with Crippen LogP contribution in [0, 0.1) is 0 Å². The molecular formula is C20H18ClNO7S. The van der Waals surface area contributed by atoms with Gasteiger partial charge in [-0.1, -0.05) is 11.6 Å². The van der Waals surface area contributed by atoms with Crippen molar-refractivity contribution < 1.29 is 33.0 Å². The highest BCUT2D eigenvalue weighted by Gasteiger charge is 2.36. The number of benzene rings is 1. The Bertz CT molecular complexity index is 1030. The molecule has 0 bridgehead atoms. The molecule has 1 fully saturated rings. The lowest BCUT2D eigenvalue weighted by Crippen LogP contribution is -2.27. The zero-order valence-corrected chi connectivity index (χ0v) is 18.0. The number of nitrogens with zero attached hydrogens (tertiary/aromatic N) is 1. The summed E-state index contributed by atoms with van der Waals surface area (Å²) in [4.78, 5) is 37.8. The second kappa shape index (κ2) is 9.27. The smallest absolute Gasteiger partial charge is 0.373 e. The molecular weight excluding hydrogens is 434 g/mol. The third kappa shape index (κ3) is 4.47. The van der Waals surface area contributed by atoms with Gasteiger partial charge in [0.25, 0.3) is 11.1 Å². The number of thioether (sulfide) groups is 1. The number of furan rings is 1. The summed E-state index contributed by atoms with van der Waals surface area (Å²) >= 11 is 7.08. The molecule has 1 saturated heterocycles. The molecule has 0 unspecified atom stereocenters. The van der Waals surface area contributed by atoms with E-state index in [9.17, 15) is 14.4 Å². The minimum Gasteiger partial charge on any atom is -0.493 e. The van der Waals surface area contributed by atoms with Crippen LogP contribution in [-0.2, 0) is 16.1 Å². The lowest BCUT2D eigenvalue weighted by molar-refractivity contribution is -0.123. The van der Waals surface area contributed by atoms with Gasteiger partial charge in [0, 0.05) is 6.07 Å². The number of hydrogen-bond donors (Lipinski definition) is 0. The monoisotopic (exact) mass is 451 g/mol. The van der Waals surface area contributed by atoms with Crippen molar-refractivity contribution in [3.63, 3.8) is 0 Å². The molecule has 3 rings (SSSR count). The van der Waals surface area contributed by atoms with Gasteiger partial charge in [-0.05, 0) is 48.5 Å². The average molecular weight is 452 g/mol. The number of amides is 2. The van der Waals surface area contributed by atoms with E-state index in [4.69, 9.17) is 25.5 Å². The molecule has 1 aliphatic heterocycles. The minimum absolute atomic E-state index is 0.0107. The Morgan fingerprint density at radius 3 is 2.67 bits per heavy atom. The van der Waals surface area contributed by atoms with Crippen LogP contribution in [0.3, 0.4) is 0 Å². The topological polar surface area (TPSA) is 95.3 Å². The van der Waals surface area contributed by atoms with Crippen LogP contribution in [0.25, 0.3) is 6.08 Å². The molecule has 2 heterocycles. The molecule has 0 atom stereocenters. The summed E-state index contributed by atoms with van der Waals surface area (Å²) in [6, 6.07) is 6.16. The van der Waals surface area contributed by atoms with E-state index in [-0.39, 0.29) is 23.0 Å². The maximum Gasteiger partial charge on any atom is 0.373 e. The molecule has 10 heteroatoms. The van der Waals surface area contributed by atoms with Gasteiger partial charge < -0.3 is 18.6 Å². The highest BCUT2D eigenvalue weighted by atomic mass is 35.5. The lowest BCUT2D eigenvalue weighted by Gasteiger charge is -2.12. The molecule has 2 aromatic rings. The fraction of sp³-hybridized carbons (Fsp3) is 0.250. The fourth-order valence-corrected chi connectivity index (χ4v) is 3.73. The molecule has 1 aliphatic rings. The lowest BCUT2D eigenvalue weighted by atomic mass is 10.1. The van der Waals surface area contributed by atoms with Crippen LogP contribution in [0.15, 0.2) is 33.6 Å². The highest BCUT2D eigenvalue weighted by Crippen LogP contribution is 2.38. The van der Waals surface area contributed by atoms with E-state index in [0.717, 1.165) is 16.7 Å². The van der Waals surface area contributed by atoms with Gasteiger partial charge in [0.15, 0.2) is 11.5 Å². The van der Waals surface area contributed by atoms with Gasteiger partial charge in [0.05, 0.1) is 37.3 Å². The summed E-state index contributed by atoms with van der Waals surface area (Å²) in [5.41, 5.74) is 0.511. The Morgan fingerprint density at radius 2 is 2.00 bits per heavy atom. The van der Waals surface area contributed by atoms with E-state index < -0.39 is 17.1 Å². The first-order valence-electron chi connectivity index (χ1n) is 8.80. The summed E-state index contributed by atoms with van der Waals surface area (Å²) in [6.45, 7) is 2.14. The molecule has 158 valence electrons. The number of ether oxygens (including phenoxy) is 3. The number of rotatable bonds is 7. The van der Waals surface area contributed by atoms with Gasteiger partial charge in [-0.2, -0.15) is 0 Å². The van der Waals surface area contributed by atoms with Gasteiger partial charge in [-0.25, -0.2) is 4.79 Å². The van der Waals surface area contributed by atoms with E-state index in [2.05, 4.69) is 4.74 Å². The molecule has 1 aromatic heterocycles. The Hall–Kier alpha value is -2.91. The van der Waals surface area contributed by atoms with Crippen LogP contribution in [0.4, 0.5) is 4.79 Å². The van der Waals surface area contributed by atoms with Crippen molar-refractivity contribution in [2.24, 2.45) is 0 Å². The van der Waals surface area contributed by atoms with Crippen molar-refractivity contribution in [3.8, 4) is 11.5 Å². The van der Waals surface area contributed by atoms with Crippen molar-refractivity contribution in [3.05, 3.63) is 51.3 Å². The molecule has 30 heavy (non-hydrogen) atoms.